The Labute approximate surface area is 191 Å². The number of carbonyl (C=O) groups is 1. The summed E-state index contributed by atoms with van der Waals surface area (Å²) in [5, 5.41) is 9.29. The normalized spacial score (nSPS) is 12.1. The zero-order valence-electron chi connectivity index (χ0n) is 20.0. The maximum absolute atomic E-state index is 12.0. The van der Waals surface area contributed by atoms with Gasteiger partial charge in [0.2, 0.25) is 0 Å². The Bertz CT molecular complexity index is 544. The molecule has 0 aromatic heterocycles. The molecule has 1 aromatic rings. The quantitative estimate of drug-likeness (QED) is 0.170. The van der Waals surface area contributed by atoms with E-state index in [4.69, 9.17) is 10.5 Å². The maximum Gasteiger partial charge on any atom is 0.323 e. The Morgan fingerprint density at radius 3 is 1.65 bits per heavy atom. The number of hydrogen-bond donors (Lipinski definition) is 2. The highest BCUT2D eigenvalue weighted by molar-refractivity contribution is 5.75. The molecule has 3 N–H and O–H groups in total. The highest BCUT2D eigenvalue weighted by Gasteiger charge is 2.15. The van der Waals surface area contributed by atoms with E-state index in [9.17, 15) is 9.90 Å². The van der Waals surface area contributed by atoms with Crippen LogP contribution in [0.5, 0.6) is 5.75 Å². The van der Waals surface area contributed by atoms with Crippen molar-refractivity contribution >= 4 is 5.97 Å². The van der Waals surface area contributed by atoms with Gasteiger partial charge in [-0.3, -0.25) is 4.79 Å². The van der Waals surface area contributed by atoms with Crippen molar-refractivity contribution in [2.75, 3.05) is 6.61 Å². The van der Waals surface area contributed by atoms with Crippen molar-refractivity contribution in [2.45, 2.75) is 122 Å². The van der Waals surface area contributed by atoms with Gasteiger partial charge in [-0.15, -0.1) is 0 Å². The first-order chi connectivity index (χ1) is 15.1. The van der Waals surface area contributed by atoms with Crippen molar-refractivity contribution in [1.29, 1.82) is 0 Å². The summed E-state index contributed by atoms with van der Waals surface area (Å²) in [6, 6.07) is 6.11. The molecule has 0 aliphatic heterocycles. The first-order valence-electron chi connectivity index (χ1n) is 12.8. The number of unbranched alkanes of at least 4 members (excludes halogenated alkanes) is 15. The number of nitrogens with two attached hydrogens (primary N) is 1. The Morgan fingerprint density at radius 1 is 0.774 bits per heavy atom. The molecule has 4 heteroatoms. The number of aromatic hydroxyl groups is 1. The van der Waals surface area contributed by atoms with E-state index < -0.39 is 6.04 Å². The predicted octanol–water partition coefficient (Wildman–Crippen LogP) is 7.07. The van der Waals surface area contributed by atoms with Crippen molar-refractivity contribution in [1.82, 2.24) is 0 Å². The van der Waals surface area contributed by atoms with Crippen LogP contribution in [0.3, 0.4) is 0 Å². The summed E-state index contributed by atoms with van der Waals surface area (Å²) >= 11 is 0. The number of esters is 1. The standard InChI is InChI=1S/C27H47NO3/c1-2-3-4-5-6-7-8-9-10-11-12-13-14-15-16-17-22-31-27(30)26(28)23-24-18-20-25(29)21-19-24/h18-21,26,29H,2-17,22-23,28H2,1H3/t26-/m0/s1. The van der Waals surface area contributed by atoms with E-state index in [1.807, 2.05) is 0 Å². The lowest BCUT2D eigenvalue weighted by Crippen LogP contribution is -2.34. The lowest BCUT2D eigenvalue weighted by atomic mass is 10.0. The van der Waals surface area contributed by atoms with Crippen LogP contribution in [0, 0.1) is 0 Å². The van der Waals surface area contributed by atoms with E-state index in [0.29, 0.717) is 13.0 Å². The fourth-order valence-electron chi connectivity index (χ4n) is 3.90. The second kappa shape index (κ2) is 19.2. The summed E-state index contributed by atoms with van der Waals surface area (Å²) in [4.78, 5) is 12.0. The maximum atomic E-state index is 12.0. The number of phenols is 1. The van der Waals surface area contributed by atoms with Gasteiger partial charge in [0, 0.05) is 0 Å². The molecular weight excluding hydrogens is 386 g/mol. The van der Waals surface area contributed by atoms with Crippen molar-refractivity contribution < 1.29 is 14.6 Å². The second-order valence-corrected chi connectivity index (χ2v) is 8.95. The average molecular weight is 434 g/mol. The summed E-state index contributed by atoms with van der Waals surface area (Å²) < 4.78 is 5.31. The monoisotopic (exact) mass is 433 g/mol. The molecule has 0 unspecified atom stereocenters. The van der Waals surface area contributed by atoms with Gasteiger partial charge < -0.3 is 15.6 Å². The van der Waals surface area contributed by atoms with Gasteiger partial charge in [-0.1, -0.05) is 115 Å². The smallest absolute Gasteiger partial charge is 0.323 e. The van der Waals surface area contributed by atoms with Crippen LogP contribution in [0.1, 0.15) is 115 Å². The SMILES string of the molecule is CCCCCCCCCCCCCCCCCCOC(=O)[C@@H](N)Cc1ccc(O)cc1. The molecule has 0 saturated heterocycles. The largest absolute Gasteiger partial charge is 0.508 e. The third-order valence-corrected chi connectivity index (χ3v) is 5.94. The molecule has 31 heavy (non-hydrogen) atoms. The minimum Gasteiger partial charge on any atom is -0.508 e. The summed E-state index contributed by atoms with van der Waals surface area (Å²) in [5.41, 5.74) is 6.84. The molecule has 0 amide bonds. The summed E-state index contributed by atoms with van der Waals surface area (Å²) in [6.07, 6.45) is 21.7. The fourth-order valence-corrected chi connectivity index (χ4v) is 3.90. The molecule has 4 nitrogen and oxygen atoms in total. The van der Waals surface area contributed by atoms with Gasteiger partial charge >= 0.3 is 5.97 Å². The number of rotatable bonds is 20. The average Bonchev–Trinajstić information content (AvgIpc) is 2.77. The minimum atomic E-state index is -0.648. The predicted molar refractivity (Wildman–Crippen MR) is 130 cm³/mol. The number of carbonyl (C=O) groups excluding carboxylic acids is 1. The molecule has 0 aliphatic rings. The molecule has 0 aliphatic carbocycles. The van der Waals surface area contributed by atoms with Crippen LogP contribution < -0.4 is 5.73 Å². The van der Waals surface area contributed by atoms with Crippen LogP contribution >= 0.6 is 0 Å². The van der Waals surface area contributed by atoms with Gasteiger partial charge in [0.15, 0.2) is 0 Å². The molecule has 1 aromatic carbocycles. The summed E-state index contributed by atoms with van der Waals surface area (Å²) in [7, 11) is 0. The molecule has 178 valence electrons. The van der Waals surface area contributed by atoms with Crippen LogP contribution in [0.25, 0.3) is 0 Å². The molecule has 0 saturated carbocycles. The Kier molecular flexibility index (Phi) is 17.0. The van der Waals surface area contributed by atoms with Crippen LogP contribution in [0.4, 0.5) is 0 Å². The van der Waals surface area contributed by atoms with Crippen LogP contribution in [-0.2, 0) is 16.0 Å². The van der Waals surface area contributed by atoms with E-state index in [1.165, 1.54) is 89.9 Å². The van der Waals surface area contributed by atoms with Crippen LogP contribution in [0.2, 0.25) is 0 Å². The van der Waals surface area contributed by atoms with Crippen molar-refractivity contribution in [3.8, 4) is 5.75 Å². The first-order valence-corrected chi connectivity index (χ1v) is 12.8. The molecule has 1 atom stereocenters. The topological polar surface area (TPSA) is 72.5 Å². The molecule has 0 fully saturated rings. The molecule has 0 heterocycles. The van der Waals surface area contributed by atoms with Gasteiger partial charge in [-0.2, -0.15) is 0 Å². The van der Waals surface area contributed by atoms with E-state index in [-0.39, 0.29) is 11.7 Å². The molecule has 0 spiro atoms. The molecule has 0 radical (unpaired) electrons. The number of phenolic OH excluding ortho intramolecular Hbond substituents is 1. The Hall–Kier alpha value is -1.55. The minimum absolute atomic E-state index is 0.211. The summed E-state index contributed by atoms with van der Waals surface area (Å²) in [5.74, 6) is -0.127. The van der Waals surface area contributed by atoms with E-state index >= 15 is 0 Å². The number of benzene rings is 1. The molecule has 0 bridgehead atoms. The number of ether oxygens (including phenoxy) is 1. The lowest BCUT2D eigenvalue weighted by molar-refractivity contribution is -0.145. The van der Waals surface area contributed by atoms with Gasteiger partial charge in [0.05, 0.1) is 6.61 Å². The van der Waals surface area contributed by atoms with Crippen molar-refractivity contribution in [3.05, 3.63) is 29.8 Å². The first kappa shape index (κ1) is 27.5. The zero-order chi connectivity index (χ0) is 22.6. The Balaban J connectivity index is 1.83. The van der Waals surface area contributed by atoms with E-state index in [2.05, 4.69) is 6.92 Å². The fraction of sp³-hybridized carbons (Fsp3) is 0.741. The number of hydrogen-bond acceptors (Lipinski definition) is 4. The zero-order valence-corrected chi connectivity index (χ0v) is 20.0. The lowest BCUT2D eigenvalue weighted by Gasteiger charge is -2.11. The van der Waals surface area contributed by atoms with Gasteiger partial charge in [0.25, 0.3) is 0 Å². The third kappa shape index (κ3) is 15.8. The highest BCUT2D eigenvalue weighted by atomic mass is 16.5. The molecular formula is C27H47NO3. The van der Waals surface area contributed by atoms with Crippen LogP contribution in [0.15, 0.2) is 24.3 Å². The highest BCUT2D eigenvalue weighted by Crippen LogP contribution is 2.14. The van der Waals surface area contributed by atoms with Gasteiger partial charge in [0.1, 0.15) is 11.8 Å². The van der Waals surface area contributed by atoms with E-state index in [0.717, 1.165) is 18.4 Å². The van der Waals surface area contributed by atoms with Gasteiger partial charge in [-0.05, 0) is 30.5 Å². The Morgan fingerprint density at radius 2 is 1.19 bits per heavy atom. The second-order valence-electron chi connectivity index (χ2n) is 8.95. The molecule has 1 rings (SSSR count). The van der Waals surface area contributed by atoms with E-state index in [1.54, 1.807) is 24.3 Å². The van der Waals surface area contributed by atoms with Crippen LogP contribution in [-0.4, -0.2) is 23.7 Å². The van der Waals surface area contributed by atoms with Crippen molar-refractivity contribution in [2.24, 2.45) is 5.73 Å². The van der Waals surface area contributed by atoms with Crippen molar-refractivity contribution in [3.63, 3.8) is 0 Å². The summed E-state index contributed by atoms with van der Waals surface area (Å²) in [6.45, 7) is 2.73. The third-order valence-electron chi connectivity index (χ3n) is 5.94. The van der Waals surface area contributed by atoms with Gasteiger partial charge in [-0.25, -0.2) is 0 Å².